The van der Waals surface area contributed by atoms with Gasteiger partial charge in [-0.2, -0.15) is 0 Å². The number of hydrogen-bond donors (Lipinski definition) is 3. The molecular weight excluding hydrogens is 396 g/mol. The van der Waals surface area contributed by atoms with E-state index in [0.717, 1.165) is 48.4 Å². The van der Waals surface area contributed by atoms with Gasteiger partial charge in [-0.15, -0.1) is 0 Å². The van der Waals surface area contributed by atoms with Crippen molar-refractivity contribution in [3.8, 4) is 11.5 Å². The molecule has 0 unspecified atom stereocenters. The van der Waals surface area contributed by atoms with Crippen LogP contribution in [0.15, 0.2) is 42.5 Å². The number of nitrogens with zero attached hydrogens (tertiary/aromatic N) is 1. The highest BCUT2D eigenvalue weighted by Crippen LogP contribution is 2.37. The zero-order valence-electron chi connectivity index (χ0n) is 18.0. The number of nitrogens with one attached hydrogen (secondary N) is 1. The molecule has 2 aromatic carbocycles. The number of hydrogen-bond acceptors (Lipinski definition) is 6. The topological polar surface area (TPSA) is 91.3 Å². The van der Waals surface area contributed by atoms with Gasteiger partial charge in [0.05, 0.1) is 20.8 Å². The number of amides is 1. The van der Waals surface area contributed by atoms with Crippen molar-refractivity contribution in [2.75, 3.05) is 33.9 Å². The van der Waals surface area contributed by atoms with Crippen LogP contribution in [0.3, 0.4) is 0 Å². The summed E-state index contributed by atoms with van der Waals surface area (Å²) in [7, 11) is 3.32. The molecule has 2 aromatic rings. The van der Waals surface area contributed by atoms with Crippen LogP contribution in [0.5, 0.6) is 11.5 Å². The molecule has 0 spiro atoms. The average molecular weight is 427 g/mol. The van der Waals surface area contributed by atoms with Crippen molar-refractivity contribution in [2.45, 2.75) is 25.3 Å². The third-order valence-electron chi connectivity index (χ3n) is 5.73. The third-order valence-corrected chi connectivity index (χ3v) is 5.73. The van der Waals surface area contributed by atoms with Crippen molar-refractivity contribution in [3.63, 3.8) is 0 Å². The lowest BCUT2D eigenvalue weighted by molar-refractivity contribution is -0.124. The second-order valence-corrected chi connectivity index (χ2v) is 7.51. The number of carbonyl (C=O) groups is 1. The zero-order valence-corrected chi connectivity index (χ0v) is 18.0. The molecule has 0 saturated carbocycles. The van der Waals surface area contributed by atoms with Crippen LogP contribution in [-0.2, 0) is 17.6 Å². The monoisotopic (exact) mass is 426 g/mol. The average Bonchev–Trinajstić information content (AvgIpc) is 3.23. The molecule has 7 nitrogen and oxygen atoms in total. The van der Waals surface area contributed by atoms with Crippen LogP contribution in [0.1, 0.15) is 34.7 Å². The Kier molecular flexibility index (Phi) is 8.06. The summed E-state index contributed by atoms with van der Waals surface area (Å²) in [4.78, 5) is 13.5. The van der Waals surface area contributed by atoms with E-state index in [0.29, 0.717) is 6.54 Å². The summed E-state index contributed by atoms with van der Waals surface area (Å²) in [5.74, 6) is 1.08. The zero-order chi connectivity index (χ0) is 22.2. The number of aryl methyl sites for hydroxylation is 1. The van der Waals surface area contributed by atoms with Crippen molar-refractivity contribution in [2.24, 2.45) is 0 Å². The Hall–Kier alpha value is -2.87. The van der Waals surface area contributed by atoms with E-state index >= 15 is 0 Å². The molecule has 166 valence electrons. The number of carbonyl (C=O) groups excluding carboxylic acids is 1. The lowest BCUT2D eigenvalue weighted by atomic mass is 10.0. The van der Waals surface area contributed by atoms with Gasteiger partial charge in [0.15, 0.2) is 0 Å². The van der Waals surface area contributed by atoms with Crippen LogP contribution in [0, 0.1) is 0 Å². The molecule has 3 N–H and O–H groups in total. The number of hydroxylamine groups is 1. The van der Waals surface area contributed by atoms with Crippen LogP contribution in [0.2, 0.25) is 0 Å². The molecule has 0 heterocycles. The molecule has 0 aromatic heterocycles. The number of fused-ring (bicyclic) bond motifs is 1. The van der Waals surface area contributed by atoms with Gasteiger partial charge in [0.25, 0.3) is 5.91 Å². The standard InChI is InChI=1S/C24H30N2O5/c1-30-20-6-9-23(31-2)19(16-20)11-12-26(13-14-27)22-8-5-18-15-17(3-7-21(18)22)4-10-24(28)25-29/h3-4,6-7,9-10,15-16,22,27,29H,5,8,11-14H2,1-2H3,(H,25,28)/t22-/m1/s1. The van der Waals surface area contributed by atoms with E-state index in [1.54, 1.807) is 25.8 Å². The summed E-state index contributed by atoms with van der Waals surface area (Å²) >= 11 is 0. The number of aliphatic hydroxyl groups is 1. The Morgan fingerprint density at radius 1 is 1.19 bits per heavy atom. The lowest BCUT2D eigenvalue weighted by Gasteiger charge is -2.29. The predicted molar refractivity (Wildman–Crippen MR) is 118 cm³/mol. The van der Waals surface area contributed by atoms with Crippen LogP contribution in [0.4, 0.5) is 0 Å². The minimum Gasteiger partial charge on any atom is -0.497 e. The Morgan fingerprint density at radius 2 is 2.03 bits per heavy atom. The van der Waals surface area contributed by atoms with Crippen LogP contribution < -0.4 is 15.0 Å². The quantitative estimate of drug-likeness (QED) is 0.307. The molecule has 0 saturated heterocycles. The molecule has 0 bridgehead atoms. The SMILES string of the molecule is COc1ccc(OC)c(CCN(CCO)[C@@H]2CCc3cc(C=CC(=O)NO)ccc32)c1. The first-order valence-electron chi connectivity index (χ1n) is 10.4. The fourth-order valence-corrected chi connectivity index (χ4v) is 4.20. The second-order valence-electron chi connectivity index (χ2n) is 7.51. The maximum Gasteiger partial charge on any atom is 0.267 e. The molecule has 1 atom stereocenters. The Bertz CT molecular complexity index is 928. The van der Waals surface area contributed by atoms with Crippen LogP contribution >= 0.6 is 0 Å². The number of benzene rings is 2. The molecule has 0 aliphatic heterocycles. The molecule has 3 rings (SSSR count). The molecular formula is C24H30N2O5. The normalized spacial score (nSPS) is 15.3. The molecule has 0 radical (unpaired) electrons. The minimum atomic E-state index is -0.555. The summed E-state index contributed by atoms with van der Waals surface area (Å²) in [6, 6.07) is 12.2. The van der Waals surface area contributed by atoms with Crippen molar-refractivity contribution in [1.29, 1.82) is 0 Å². The predicted octanol–water partition coefficient (Wildman–Crippen LogP) is 2.75. The maximum absolute atomic E-state index is 11.2. The van der Waals surface area contributed by atoms with Gasteiger partial charge in [-0.1, -0.05) is 18.2 Å². The van der Waals surface area contributed by atoms with Gasteiger partial charge in [0, 0.05) is 25.2 Å². The van der Waals surface area contributed by atoms with Gasteiger partial charge in [0.1, 0.15) is 11.5 Å². The maximum atomic E-state index is 11.2. The first-order valence-corrected chi connectivity index (χ1v) is 10.4. The van der Waals surface area contributed by atoms with Gasteiger partial charge in [0.2, 0.25) is 0 Å². The van der Waals surface area contributed by atoms with Crippen molar-refractivity contribution >= 4 is 12.0 Å². The van der Waals surface area contributed by atoms with Gasteiger partial charge >= 0.3 is 0 Å². The fourth-order valence-electron chi connectivity index (χ4n) is 4.20. The molecule has 1 amide bonds. The van der Waals surface area contributed by atoms with Crippen molar-refractivity contribution < 1.29 is 24.6 Å². The van der Waals surface area contributed by atoms with Crippen LogP contribution in [0.25, 0.3) is 6.08 Å². The first kappa shape index (κ1) is 22.8. The number of ether oxygens (including phenoxy) is 2. The Balaban J connectivity index is 1.75. The van der Waals surface area contributed by atoms with E-state index in [2.05, 4.69) is 17.0 Å². The van der Waals surface area contributed by atoms with Gasteiger partial charge in [-0.3, -0.25) is 14.9 Å². The van der Waals surface area contributed by atoms with Crippen molar-refractivity contribution in [3.05, 3.63) is 64.7 Å². The summed E-state index contributed by atoms with van der Waals surface area (Å²) < 4.78 is 10.9. The molecule has 31 heavy (non-hydrogen) atoms. The van der Waals surface area contributed by atoms with Crippen LogP contribution in [-0.4, -0.2) is 55.0 Å². The second kappa shape index (κ2) is 10.9. The summed E-state index contributed by atoms with van der Waals surface area (Å²) in [6.07, 6.45) is 5.68. The third kappa shape index (κ3) is 5.64. The molecule has 1 aliphatic carbocycles. The van der Waals surface area contributed by atoms with E-state index in [1.165, 1.54) is 17.2 Å². The summed E-state index contributed by atoms with van der Waals surface area (Å²) in [5, 5.41) is 18.3. The molecule has 1 aliphatic rings. The first-order chi connectivity index (χ1) is 15.1. The number of methoxy groups -OCH3 is 2. The highest BCUT2D eigenvalue weighted by Gasteiger charge is 2.27. The smallest absolute Gasteiger partial charge is 0.267 e. The number of rotatable bonds is 10. The number of aliphatic hydroxyl groups excluding tert-OH is 1. The lowest BCUT2D eigenvalue weighted by Crippen LogP contribution is -2.32. The molecule has 0 fully saturated rings. The van der Waals surface area contributed by atoms with E-state index in [9.17, 15) is 9.90 Å². The fraction of sp³-hybridized carbons (Fsp3) is 0.375. The molecule has 7 heteroatoms. The van der Waals surface area contributed by atoms with Gasteiger partial charge < -0.3 is 14.6 Å². The Morgan fingerprint density at radius 3 is 2.74 bits per heavy atom. The van der Waals surface area contributed by atoms with Gasteiger partial charge in [-0.25, -0.2) is 5.48 Å². The largest absolute Gasteiger partial charge is 0.497 e. The van der Waals surface area contributed by atoms with E-state index in [-0.39, 0.29) is 12.6 Å². The highest BCUT2D eigenvalue weighted by molar-refractivity contribution is 5.90. The summed E-state index contributed by atoms with van der Waals surface area (Å²) in [6.45, 7) is 1.47. The Labute approximate surface area is 182 Å². The summed E-state index contributed by atoms with van der Waals surface area (Å²) in [5.41, 5.74) is 6.09. The van der Waals surface area contributed by atoms with Gasteiger partial charge in [-0.05, 0) is 65.8 Å². The van der Waals surface area contributed by atoms with Crippen molar-refractivity contribution in [1.82, 2.24) is 10.4 Å². The highest BCUT2D eigenvalue weighted by atomic mass is 16.5. The van der Waals surface area contributed by atoms with E-state index in [1.807, 2.05) is 24.3 Å². The van der Waals surface area contributed by atoms with E-state index < -0.39 is 5.91 Å². The minimum absolute atomic E-state index is 0.0954. The van der Waals surface area contributed by atoms with E-state index in [4.69, 9.17) is 14.7 Å².